The Bertz CT molecular complexity index is 902. The van der Waals surface area contributed by atoms with Crippen molar-refractivity contribution in [2.45, 2.75) is 0 Å². The van der Waals surface area contributed by atoms with Crippen LogP contribution in [0.25, 0.3) is 21.8 Å². The Hall–Kier alpha value is -2.76. The van der Waals surface area contributed by atoms with Crippen molar-refractivity contribution in [1.82, 2.24) is 9.97 Å². The number of hydrogen-bond donors (Lipinski definition) is 1. The number of aromatic amines is 1. The highest BCUT2D eigenvalue weighted by atomic mass is 19.1. The molecule has 0 saturated heterocycles. The largest absolute Gasteiger partial charge is 0.465 e. The van der Waals surface area contributed by atoms with Crippen LogP contribution >= 0.6 is 0 Å². The number of methoxy groups -OCH3 is 1. The van der Waals surface area contributed by atoms with E-state index < -0.39 is 11.8 Å². The number of benzene rings is 1. The second-order valence-electron chi connectivity index (χ2n) is 4.26. The summed E-state index contributed by atoms with van der Waals surface area (Å²) in [5.41, 5.74) is 0.630. The van der Waals surface area contributed by atoms with Gasteiger partial charge in [-0.2, -0.15) is 0 Å². The number of fused-ring (bicyclic) bond motifs is 3. The summed E-state index contributed by atoms with van der Waals surface area (Å²) in [6.07, 6.45) is 1.33. The number of pyridine rings is 2. The first-order chi connectivity index (χ1) is 9.60. The van der Waals surface area contributed by atoms with E-state index >= 15 is 0 Å². The van der Waals surface area contributed by atoms with Crippen LogP contribution in [0, 0.1) is 5.82 Å². The van der Waals surface area contributed by atoms with Gasteiger partial charge >= 0.3 is 5.97 Å². The summed E-state index contributed by atoms with van der Waals surface area (Å²) in [7, 11) is 1.26. The topological polar surface area (TPSA) is 72.0 Å². The SMILES string of the molecule is COC(=O)c1cnc2c(c1)[nH]c(=O)c1ccc(F)cc12. The minimum atomic E-state index is -0.556. The van der Waals surface area contributed by atoms with Gasteiger partial charge in [0.15, 0.2) is 0 Å². The van der Waals surface area contributed by atoms with E-state index in [9.17, 15) is 14.0 Å². The van der Waals surface area contributed by atoms with Crippen LogP contribution < -0.4 is 5.56 Å². The van der Waals surface area contributed by atoms with Gasteiger partial charge in [0.2, 0.25) is 0 Å². The molecule has 0 spiro atoms. The summed E-state index contributed by atoms with van der Waals surface area (Å²) >= 11 is 0. The maximum Gasteiger partial charge on any atom is 0.339 e. The first-order valence-corrected chi connectivity index (χ1v) is 5.80. The van der Waals surface area contributed by atoms with Gasteiger partial charge in [0.1, 0.15) is 5.82 Å². The zero-order chi connectivity index (χ0) is 14.3. The van der Waals surface area contributed by atoms with Gasteiger partial charge in [0.25, 0.3) is 5.56 Å². The maximum absolute atomic E-state index is 13.3. The van der Waals surface area contributed by atoms with Crippen LogP contribution in [0.15, 0.2) is 35.3 Å². The average molecular weight is 272 g/mol. The highest BCUT2D eigenvalue weighted by Crippen LogP contribution is 2.21. The molecule has 2 heterocycles. The summed E-state index contributed by atoms with van der Waals surface area (Å²) in [6.45, 7) is 0. The van der Waals surface area contributed by atoms with E-state index in [1.54, 1.807) is 0 Å². The smallest absolute Gasteiger partial charge is 0.339 e. The van der Waals surface area contributed by atoms with Gasteiger partial charge in [0.05, 0.1) is 23.7 Å². The minimum absolute atomic E-state index is 0.214. The second kappa shape index (κ2) is 4.41. The molecule has 0 saturated carbocycles. The average Bonchev–Trinajstić information content (AvgIpc) is 2.45. The molecule has 2 aromatic heterocycles. The van der Waals surface area contributed by atoms with Crippen LogP contribution in [0.1, 0.15) is 10.4 Å². The fourth-order valence-corrected chi connectivity index (χ4v) is 2.10. The molecule has 0 unspecified atom stereocenters. The molecule has 0 aliphatic carbocycles. The van der Waals surface area contributed by atoms with Gasteiger partial charge in [-0.1, -0.05) is 0 Å². The third-order valence-corrected chi connectivity index (χ3v) is 3.04. The molecule has 0 fully saturated rings. The Morgan fingerprint density at radius 1 is 1.30 bits per heavy atom. The molecule has 0 aliphatic rings. The van der Waals surface area contributed by atoms with Crippen LogP contribution in [0.3, 0.4) is 0 Å². The van der Waals surface area contributed by atoms with E-state index in [0.717, 1.165) is 0 Å². The van der Waals surface area contributed by atoms with E-state index in [1.165, 1.54) is 37.6 Å². The number of rotatable bonds is 1. The number of esters is 1. The molecule has 0 aliphatic heterocycles. The number of ether oxygens (including phenoxy) is 1. The predicted molar refractivity (Wildman–Crippen MR) is 71.2 cm³/mol. The molecule has 0 amide bonds. The number of halogens is 1. The fourth-order valence-electron chi connectivity index (χ4n) is 2.10. The van der Waals surface area contributed by atoms with Crippen molar-refractivity contribution < 1.29 is 13.9 Å². The number of nitrogens with zero attached hydrogens (tertiary/aromatic N) is 1. The van der Waals surface area contributed by atoms with Crippen molar-refractivity contribution >= 4 is 27.8 Å². The number of hydrogen-bond acceptors (Lipinski definition) is 4. The lowest BCUT2D eigenvalue weighted by atomic mass is 10.1. The second-order valence-corrected chi connectivity index (χ2v) is 4.26. The van der Waals surface area contributed by atoms with E-state index in [0.29, 0.717) is 21.8 Å². The molecule has 100 valence electrons. The van der Waals surface area contributed by atoms with Crippen molar-refractivity contribution in [1.29, 1.82) is 0 Å². The lowest BCUT2D eigenvalue weighted by Crippen LogP contribution is -2.09. The molecule has 3 rings (SSSR count). The van der Waals surface area contributed by atoms with Crippen LogP contribution in [0.5, 0.6) is 0 Å². The van der Waals surface area contributed by atoms with Crippen molar-refractivity contribution in [3.63, 3.8) is 0 Å². The van der Waals surface area contributed by atoms with Gasteiger partial charge in [-0.05, 0) is 24.3 Å². The fraction of sp³-hybridized carbons (Fsp3) is 0.0714. The Morgan fingerprint density at radius 2 is 2.10 bits per heavy atom. The Balaban J connectivity index is 2.41. The van der Waals surface area contributed by atoms with Crippen molar-refractivity contribution in [3.8, 4) is 0 Å². The van der Waals surface area contributed by atoms with Crippen LogP contribution in [0.4, 0.5) is 4.39 Å². The molecule has 1 N–H and O–H groups in total. The van der Waals surface area contributed by atoms with Crippen LogP contribution in [-0.4, -0.2) is 23.0 Å². The van der Waals surface area contributed by atoms with Gasteiger partial charge < -0.3 is 9.72 Å². The summed E-state index contributed by atoms with van der Waals surface area (Å²) in [5, 5.41) is 0.748. The van der Waals surface area contributed by atoms with E-state index in [-0.39, 0.29) is 11.1 Å². The zero-order valence-corrected chi connectivity index (χ0v) is 10.4. The first-order valence-electron chi connectivity index (χ1n) is 5.80. The standard InChI is InChI=1S/C14H9FN2O3/c1-20-14(19)7-4-11-12(16-6-7)10-5-8(15)2-3-9(10)13(18)17-11/h2-6H,1H3,(H,17,18). The molecule has 0 radical (unpaired) electrons. The Morgan fingerprint density at radius 3 is 2.85 bits per heavy atom. The molecule has 0 bridgehead atoms. The lowest BCUT2D eigenvalue weighted by Gasteiger charge is -2.05. The van der Waals surface area contributed by atoms with Gasteiger partial charge in [-0.25, -0.2) is 9.18 Å². The van der Waals surface area contributed by atoms with Crippen molar-refractivity contribution in [2.24, 2.45) is 0 Å². The van der Waals surface area contributed by atoms with Gasteiger partial charge in [-0.15, -0.1) is 0 Å². The van der Waals surface area contributed by atoms with E-state index in [1.807, 2.05) is 0 Å². The minimum Gasteiger partial charge on any atom is -0.465 e. The normalized spacial score (nSPS) is 10.9. The number of aromatic nitrogens is 2. The monoisotopic (exact) mass is 272 g/mol. The number of carbonyl (C=O) groups is 1. The van der Waals surface area contributed by atoms with E-state index in [2.05, 4.69) is 14.7 Å². The third-order valence-electron chi connectivity index (χ3n) is 3.04. The zero-order valence-electron chi connectivity index (χ0n) is 10.4. The number of nitrogens with one attached hydrogen (secondary N) is 1. The third kappa shape index (κ3) is 1.82. The van der Waals surface area contributed by atoms with Gasteiger partial charge in [-0.3, -0.25) is 9.78 Å². The molecular weight excluding hydrogens is 263 g/mol. The highest BCUT2D eigenvalue weighted by Gasteiger charge is 2.11. The summed E-state index contributed by atoms with van der Waals surface area (Å²) in [6, 6.07) is 5.32. The molecule has 20 heavy (non-hydrogen) atoms. The Kier molecular flexibility index (Phi) is 2.71. The molecule has 3 aromatic rings. The summed E-state index contributed by atoms with van der Waals surface area (Å²) in [4.78, 5) is 30.1. The predicted octanol–water partition coefficient (Wildman–Crippen LogP) is 2.00. The maximum atomic E-state index is 13.3. The summed E-state index contributed by atoms with van der Waals surface area (Å²) in [5.74, 6) is -1.01. The molecule has 0 atom stereocenters. The summed E-state index contributed by atoms with van der Waals surface area (Å²) < 4.78 is 17.9. The van der Waals surface area contributed by atoms with Crippen molar-refractivity contribution in [2.75, 3.05) is 7.11 Å². The van der Waals surface area contributed by atoms with E-state index in [4.69, 9.17) is 0 Å². The van der Waals surface area contributed by atoms with Crippen LogP contribution in [-0.2, 0) is 4.74 Å². The highest BCUT2D eigenvalue weighted by molar-refractivity contribution is 6.04. The molecule has 6 heteroatoms. The molecular formula is C14H9FN2O3. The lowest BCUT2D eigenvalue weighted by molar-refractivity contribution is 0.0600. The quantitative estimate of drug-likeness (QED) is 0.543. The Labute approximate surface area is 112 Å². The van der Waals surface area contributed by atoms with Crippen LogP contribution in [0.2, 0.25) is 0 Å². The number of carbonyl (C=O) groups excluding carboxylic acids is 1. The molecule has 5 nitrogen and oxygen atoms in total. The first kappa shape index (κ1) is 12.3. The number of H-pyrrole nitrogens is 1. The van der Waals surface area contributed by atoms with Gasteiger partial charge in [0, 0.05) is 17.0 Å². The molecule has 1 aromatic carbocycles. The van der Waals surface area contributed by atoms with Crippen molar-refractivity contribution in [3.05, 3.63) is 52.2 Å².